The third-order valence-electron chi connectivity index (χ3n) is 1.63. The Kier molecular flexibility index (Phi) is 4.97. The van der Waals surface area contributed by atoms with Crippen LogP contribution in [0.2, 0.25) is 0 Å². The molecular formula is C8H14O3S. The van der Waals surface area contributed by atoms with Crippen LogP contribution >= 0.6 is 11.8 Å². The molecule has 0 aliphatic carbocycles. The number of thioether (sulfide) groups is 1. The van der Waals surface area contributed by atoms with Crippen LogP contribution in [0.15, 0.2) is 0 Å². The zero-order valence-electron chi connectivity index (χ0n) is 7.79. The van der Waals surface area contributed by atoms with Crippen LogP contribution in [-0.2, 0) is 14.3 Å². The van der Waals surface area contributed by atoms with Crippen LogP contribution < -0.4 is 0 Å². The number of rotatable bonds is 3. The first-order valence-corrected chi connectivity index (χ1v) is 4.62. The van der Waals surface area contributed by atoms with Gasteiger partial charge in [-0.3, -0.25) is 9.59 Å². The molecule has 12 heavy (non-hydrogen) atoms. The Morgan fingerprint density at radius 2 is 1.83 bits per heavy atom. The summed E-state index contributed by atoms with van der Waals surface area (Å²) in [6.07, 6.45) is 0. The fourth-order valence-electron chi connectivity index (χ4n) is 0.741. The van der Waals surface area contributed by atoms with E-state index in [0.717, 1.165) is 0 Å². The van der Waals surface area contributed by atoms with E-state index in [1.165, 1.54) is 25.8 Å². The predicted octanol–water partition coefficient (Wildman–Crippen LogP) is 1.46. The van der Waals surface area contributed by atoms with Crippen LogP contribution in [0.1, 0.15) is 20.8 Å². The Morgan fingerprint density at radius 1 is 1.33 bits per heavy atom. The molecule has 3 nitrogen and oxygen atoms in total. The Hall–Kier alpha value is -0.510. The molecule has 4 heteroatoms. The summed E-state index contributed by atoms with van der Waals surface area (Å²) in [6, 6.07) is 0. The number of carbonyl (C=O) groups excluding carboxylic acids is 2. The highest BCUT2D eigenvalue weighted by molar-refractivity contribution is 8.14. The van der Waals surface area contributed by atoms with E-state index in [1.54, 1.807) is 6.92 Å². The Balaban J connectivity index is 4.00. The topological polar surface area (TPSA) is 43.4 Å². The molecular weight excluding hydrogens is 176 g/mol. The van der Waals surface area contributed by atoms with Gasteiger partial charge in [-0.2, -0.15) is 0 Å². The van der Waals surface area contributed by atoms with E-state index >= 15 is 0 Å². The number of hydrogen-bond donors (Lipinski definition) is 0. The smallest absolute Gasteiger partial charge is 0.309 e. The second-order valence-corrected chi connectivity index (χ2v) is 4.18. The Morgan fingerprint density at radius 3 is 2.17 bits per heavy atom. The number of methoxy groups -OCH3 is 1. The fraction of sp³-hybridized carbons (Fsp3) is 0.750. The lowest BCUT2D eigenvalue weighted by Crippen LogP contribution is -2.22. The third kappa shape index (κ3) is 3.76. The van der Waals surface area contributed by atoms with Crippen LogP contribution in [-0.4, -0.2) is 23.4 Å². The highest BCUT2D eigenvalue weighted by Crippen LogP contribution is 2.20. The SMILES string of the molecule is COC(=O)[C@@H](C)[C@H](C)SC(C)=O. The average molecular weight is 190 g/mol. The second kappa shape index (κ2) is 5.19. The van der Waals surface area contributed by atoms with Gasteiger partial charge in [-0.15, -0.1) is 0 Å². The summed E-state index contributed by atoms with van der Waals surface area (Å²) < 4.78 is 4.55. The van der Waals surface area contributed by atoms with Crippen molar-refractivity contribution in [1.82, 2.24) is 0 Å². The minimum absolute atomic E-state index is 0.0186. The van der Waals surface area contributed by atoms with E-state index in [-0.39, 0.29) is 22.3 Å². The molecule has 0 rings (SSSR count). The maximum Gasteiger partial charge on any atom is 0.309 e. The third-order valence-corrected chi connectivity index (χ3v) is 2.74. The van der Waals surface area contributed by atoms with Crippen molar-refractivity contribution in [3.05, 3.63) is 0 Å². The number of carbonyl (C=O) groups is 2. The maximum absolute atomic E-state index is 11.0. The first-order chi connectivity index (χ1) is 5.49. The summed E-state index contributed by atoms with van der Waals surface area (Å²) in [4.78, 5) is 21.7. The minimum atomic E-state index is -0.267. The summed E-state index contributed by atoms with van der Waals surface area (Å²) in [7, 11) is 1.35. The van der Waals surface area contributed by atoms with Gasteiger partial charge in [0.1, 0.15) is 0 Å². The number of esters is 1. The van der Waals surface area contributed by atoms with Gasteiger partial charge in [-0.25, -0.2) is 0 Å². The molecule has 0 saturated carbocycles. The first kappa shape index (κ1) is 11.5. The minimum Gasteiger partial charge on any atom is -0.469 e. The molecule has 0 heterocycles. The van der Waals surface area contributed by atoms with Crippen molar-refractivity contribution in [1.29, 1.82) is 0 Å². The second-order valence-electron chi connectivity index (χ2n) is 2.63. The average Bonchev–Trinajstić information content (AvgIpc) is 2.00. The van der Waals surface area contributed by atoms with Crippen LogP contribution in [0.3, 0.4) is 0 Å². The quantitative estimate of drug-likeness (QED) is 0.632. The van der Waals surface area contributed by atoms with Gasteiger partial charge in [0.25, 0.3) is 0 Å². The summed E-state index contributed by atoms with van der Waals surface area (Å²) in [5, 5.41) is 0.00760. The molecule has 0 fully saturated rings. The van der Waals surface area contributed by atoms with Crippen LogP contribution in [0, 0.1) is 5.92 Å². The number of hydrogen-bond acceptors (Lipinski definition) is 4. The molecule has 0 aromatic rings. The van der Waals surface area contributed by atoms with Crippen molar-refractivity contribution in [3.8, 4) is 0 Å². The predicted molar refractivity (Wildman–Crippen MR) is 48.9 cm³/mol. The molecule has 0 unspecified atom stereocenters. The van der Waals surface area contributed by atoms with Crippen LogP contribution in [0.5, 0.6) is 0 Å². The van der Waals surface area contributed by atoms with Crippen molar-refractivity contribution in [2.45, 2.75) is 26.0 Å². The highest BCUT2D eigenvalue weighted by atomic mass is 32.2. The zero-order chi connectivity index (χ0) is 9.72. The fourth-order valence-corrected chi connectivity index (χ4v) is 1.58. The molecule has 70 valence electrons. The van der Waals surface area contributed by atoms with Gasteiger partial charge in [0.15, 0.2) is 5.12 Å². The van der Waals surface area contributed by atoms with Gasteiger partial charge >= 0.3 is 5.97 Å². The van der Waals surface area contributed by atoms with Gasteiger partial charge in [0.05, 0.1) is 13.0 Å². The van der Waals surface area contributed by atoms with Crippen molar-refractivity contribution in [2.24, 2.45) is 5.92 Å². The molecule has 0 aromatic carbocycles. The molecule has 2 atom stereocenters. The molecule has 0 N–H and O–H groups in total. The maximum atomic E-state index is 11.0. The van der Waals surface area contributed by atoms with Crippen molar-refractivity contribution in [3.63, 3.8) is 0 Å². The van der Waals surface area contributed by atoms with Gasteiger partial charge in [-0.05, 0) is 0 Å². The molecule has 0 amide bonds. The standard InChI is InChI=1S/C8H14O3S/c1-5(8(10)11-4)6(2)12-7(3)9/h5-6H,1-4H3/t5-,6-/m0/s1. The summed E-state index contributed by atoms with van der Waals surface area (Å²) in [6.45, 7) is 5.09. The molecule has 0 aromatic heterocycles. The van der Waals surface area contributed by atoms with Crippen molar-refractivity contribution >= 4 is 22.8 Å². The number of ether oxygens (including phenoxy) is 1. The zero-order valence-corrected chi connectivity index (χ0v) is 8.60. The van der Waals surface area contributed by atoms with Crippen LogP contribution in [0.25, 0.3) is 0 Å². The molecule has 0 spiro atoms. The lowest BCUT2D eigenvalue weighted by atomic mass is 10.1. The molecule has 0 radical (unpaired) electrons. The molecule has 0 saturated heterocycles. The van der Waals surface area contributed by atoms with E-state index in [9.17, 15) is 9.59 Å². The molecule has 0 aliphatic rings. The van der Waals surface area contributed by atoms with Crippen molar-refractivity contribution in [2.75, 3.05) is 7.11 Å². The first-order valence-electron chi connectivity index (χ1n) is 3.74. The van der Waals surface area contributed by atoms with E-state index < -0.39 is 0 Å². The summed E-state index contributed by atoms with van der Waals surface area (Å²) >= 11 is 1.17. The summed E-state index contributed by atoms with van der Waals surface area (Å²) in [5.41, 5.74) is 0. The molecule has 0 aliphatic heterocycles. The highest BCUT2D eigenvalue weighted by Gasteiger charge is 2.22. The Labute approximate surface area is 76.9 Å². The lowest BCUT2D eigenvalue weighted by molar-refractivity contribution is -0.144. The monoisotopic (exact) mass is 190 g/mol. The van der Waals surface area contributed by atoms with Gasteiger partial charge in [-0.1, -0.05) is 25.6 Å². The molecule has 0 bridgehead atoms. The normalized spacial score (nSPS) is 15.0. The lowest BCUT2D eigenvalue weighted by Gasteiger charge is -2.14. The summed E-state index contributed by atoms with van der Waals surface area (Å²) in [5.74, 6) is -0.500. The van der Waals surface area contributed by atoms with E-state index in [4.69, 9.17) is 0 Å². The van der Waals surface area contributed by atoms with Gasteiger partial charge < -0.3 is 4.74 Å². The van der Waals surface area contributed by atoms with Crippen LogP contribution in [0.4, 0.5) is 0 Å². The van der Waals surface area contributed by atoms with Gasteiger partial charge in [0.2, 0.25) is 0 Å². The van der Waals surface area contributed by atoms with E-state index in [0.29, 0.717) is 0 Å². The van der Waals surface area contributed by atoms with E-state index in [2.05, 4.69) is 4.74 Å². The van der Waals surface area contributed by atoms with E-state index in [1.807, 2.05) is 6.92 Å². The Bertz CT molecular complexity index is 179. The van der Waals surface area contributed by atoms with Crippen molar-refractivity contribution < 1.29 is 14.3 Å². The largest absolute Gasteiger partial charge is 0.469 e. The van der Waals surface area contributed by atoms with Gasteiger partial charge in [0, 0.05) is 12.2 Å².